The molecule has 0 radical (unpaired) electrons. The maximum atomic E-state index is 6.25. The summed E-state index contributed by atoms with van der Waals surface area (Å²) in [6.45, 7) is 11.9. The van der Waals surface area contributed by atoms with Gasteiger partial charge in [0, 0.05) is 13.2 Å². The Hall–Kier alpha value is -0.160. The van der Waals surface area contributed by atoms with Crippen molar-refractivity contribution in [1.29, 1.82) is 0 Å². The number of epoxide rings is 2. The fraction of sp³-hybridized carbons (Fsp3) is 1.00. The van der Waals surface area contributed by atoms with Crippen molar-refractivity contribution < 1.29 is 18.9 Å². The Balaban J connectivity index is 0.000000422. The number of unbranched alkanes of at least 4 members (excludes halogenated alkanes) is 2. The predicted octanol–water partition coefficient (Wildman–Crippen LogP) is 3.96. The average molecular weight is 316 g/mol. The zero-order valence-corrected chi connectivity index (χ0v) is 15.0. The van der Waals surface area contributed by atoms with Crippen molar-refractivity contribution in [2.24, 2.45) is 0 Å². The van der Waals surface area contributed by atoms with E-state index in [0.717, 1.165) is 39.3 Å². The molecule has 2 rings (SSSR count). The number of hydrogen-bond acceptors (Lipinski definition) is 4. The largest absolute Gasteiger partial charge is 0.382 e. The van der Waals surface area contributed by atoms with Gasteiger partial charge < -0.3 is 18.9 Å². The van der Waals surface area contributed by atoms with Crippen LogP contribution in [0, 0.1) is 0 Å². The minimum Gasteiger partial charge on any atom is -0.382 e. The van der Waals surface area contributed by atoms with E-state index in [1.165, 1.54) is 25.7 Å². The molecule has 22 heavy (non-hydrogen) atoms. The Bertz CT molecular complexity index is 227. The summed E-state index contributed by atoms with van der Waals surface area (Å²) in [5.74, 6) is 0. The van der Waals surface area contributed by atoms with Crippen LogP contribution in [-0.2, 0) is 18.9 Å². The lowest BCUT2D eigenvalue weighted by molar-refractivity contribution is -0.0465. The van der Waals surface area contributed by atoms with Gasteiger partial charge in [0.05, 0.1) is 25.4 Å². The second-order valence-corrected chi connectivity index (χ2v) is 6.02. The fourth-order valence-corrected chi connectivity index (χ4v) is 2.46. The number of ether oxygens (including phenoxy) is 4. The molecule has 0 spiro atoms. The van der Waals surface area contributed by atoms with Crippen LogP contribution in [-0.4, -0.2) is 50.8 Å². The van der Waals surface area contributed by atoms with Crippen LogP contribution in [0.4, 0.5) is 0 Å². The molecule has 132 valence electrons. The van der Waals surface area contributed by atoms with E-state index in [9.17, 15) is 0 Å². The van der Waals surface area contributed by atoms with Crippen LogP contribution < -0.4 is 0 Å². The second kappa shape index (κ2) is 12.3. The van der Waals surface area contributed by atoms with Gasteiger partial charge in [-0.05, 0) is 26.7 Å². The van der Waals surface area contributed by atoms with Crippen molar-refractivity contribution in [3.8, 4) is 0 Å². The lowest BCUT2D eigenvalue weighted by Crippen LogP contribution is -2.30. The Labute approximate surface area is 136 Å². The molecule has 0 aromatic heterocycles. The lowest BCUT2D eigenvalue weighted by atomic mass is 10.1. The van der Waals surface area contributed by atoms with E-state index >= 15 is 0 Å². The van der Waals surface area contributed by atoms with Crippen molar-refractivity contribution in [2.75, 3.05) is 26.4 Å². The van der Waals surface area contributed by atoms with Gasteiger partial charge in [0.25, 0.3) is 0 Å². The molecule has 2 heterocycles. The molecule has 0 saturated carbocycles. The van der Waals surface area contributed by atoms with E-state index in [4.69, 9.17) is 18.9 Å². The van der Waals surface area contributed by atoms with Gasteiger partial charge in [-0.1, -0.05) is 39.5 Å². The lowest BCUT2D eigenvalue weighted by Gasteiger charge is -2.22. The van der Waals surface area contributed by atoms with Gasteiger partial charge in [-0.2, -0.15) is 0 Å². The maximum Gasteiger partial charge on any atom is 0.107 e. The smallest absolute Gasteiger partial charge is 0.107 e. The molecule has 4 unspecified atom stereocenters. The maximum absolute atomic E-state index is 6.25. The zero-order chi connectivity index (χ0) is 16.2. The van der Waals surface area contributed by atoms with Gasteiger partial charge in [-0.3, -0.25) is 0 Å². The van der Waals surface area contributed by atoms with Crippen molar-refractivity contribution in [3.63, 3.8) is 0 Å². The first-order valence-corrected chi connectivity index (χ1v) is 9.23. The first-order chi connectivity index (χ1) is 10.8. The molecule has 2 fully saturated rings. The van der Waals surface area contributed by atoms with E-state index in [1.54, 1.807) is 0 Å². The summed E-state index contributed by atoms with van der Waals surface area (Å²) >= 11 is 0. The quantitative estimate of drug-likeness (QED) is 0.511. The van der Waals surface area contributed by atoms with E-state index in [0.29, 0.717) is 24.4 Å². The zero-order valence-electron chi connectivity index (χ0n) is 15.0. The van der Waals surface area contributed by atoms with Crippen molar-refractivity contribution in [2.45, 2.75) is 90.6 Å². The minimum absolute atomic E-state index is 0.306. The third-order valence-corrected chi connectivity index (χ3v) is 3.99. The van der Waals surface area contributed by atoms with E-state index in [2.05, 4.69) is 13.8 Å². The molecule has 4 heteroatoms. The summed E-state index contributed by atoms with van der Waals surface area (Å²) in [5.41, 5.74) is 0. The Kier molecular flexibility index (Phi) is 11.1. The Morgan fingerprint density at radius 1 is 0.818 bits per heavy atom. The highest BCUT2D eigenvalue weighted by Crippen LogP contribution is 2.28. The van der Waals surface area contributed by atoms with Crippen LogP contribution in [0.3, 0.4) is 0 Å². The molecule has 0 aromatic rings. The molecule has 2 saturated heterocycles. The third kappa shape index (κ3) is 9.09. The van der Waals surface area contributed by atoms with Gasteiger partial charge in [0.1, 0.15) is 12.2 Å². The SMILES string of the molecule is CCCCC(OC(CCCC)C1CO1)C1CO1.CCOCC. The van der Waals surface area contributed by atoms with Crippen LogP contribution in [0.2, 0.25) is 0 Å². The molecule has 2 aliphatic rings. The van der Waals surface area contributed by atoms with Crippen LogP contribution >= 0.6 is 0 Å². The van der Waals surface area contributed by atoms with Gasteiger partial charge in [-0.25, -0.2) is 0 Å². The van der Waals surface area contributed by atoms with Gasteiger partial charge in [0.2, 0.25) is 0 Å². The van der Waals surface area contributed by atoms with Gasteiger partial charge in [-0.15, -0.1) is 0 Å². The van der Waals surface area contributed by atoms with Gasteiger partial charge in [0.15, 0.2) is 0 Å². The van der Waals surface area contributed by atoms with Crippen LogP contribution in [0.1, 0.15) is 66.2 Å². The van der Waals surface area contributed by atoms with E-state index < -0.39 is 0 Å². The minimum atomic E-state index is 0.306. The topological polar surface area (TPSA) is 43.5 Å². The standard InChI is InChI=1S/C14H26O3.C4H10O/c1-3-5-7-11(13-9-15-13)17-12(8-6-4-2)14-10-16-14;1-3-5-4-2/h11-14H,3-10H2,1-2H3;3-4H2,1-2H3. The van der Waals surface area contributed by atoms with Gasteiger partial charge >= 0.3 is 0 Å². The highest BCUT2D eigenvalue weighted by Gasteiger charge is 2.39. The van der Waals surface area contributed by atoms with Crippen molar-refractivity contribution >= 4 is 0 Å². The average Bonchev–Trinajstić information content (AvgIpc) is 3.40. The molecule has 4 nitrogen and oxygen atoms in total. The molecule has 0 aromatic carbocycles. The number of rotatable bonds is 12. The molecule has 4 atom stereocenters. The Morgan fingerprint density at radius 3 is 1.45 bits per heavy atom. The van der Waals surface area contributed by atoms with Crippen LogP contribution in [0.5, 0.6) is 0 Å². The summed E-state index contributed by atoms with van der Waals surface area (Å²) in [7, 11) is 0. The molecular weight excluding hydrogens is 280 g/mol. The molecule has 0 bridgehead atoms. The Morgan fingerprint density at radius 2 is 1.23 bits per heavy atom. The first-order valence-electron chi connectivity index (χ1n) is 9.23. The van der Waals surface area contributed by atoms with Crippen molar-refractivity contribution in [1.82, 2.24) is 0 Å². The summed E-state index contributed by atoms with van der Waals surface area (Å²) in [6.07, 6.45) is 8.54. The molecular formula is C18H36O4. The van der Waals surface area contributed by atoms with E-state index in [1.807, 2.05) is 13.8 Å². The molecule has 2 aliphatic heterocycles. The molecule has 0 amide bonds. The predicted molar refractivity (Wildman–Crippen MR) is 89.4 cm³/mol. The van der Waals surface area contributed by atoms with Crippen LogP contribution in [0.25, 0.3) is 0 Å². The number of hydrogen-bond donors (Lipinski definition) is 0. The normalized spacial score (nSPS) is 25.1. The fourth-order valence-electron chi connectivity index (χ4n) is 2.46. The third-order valence-electron chi connectivity index (χ3n) is 3.99. The summed E-state index contributed by atoms with van der Waals surface area (Å²) in [6, 6.07) is 0. The molecule has 0 N–H and O–H groups in total. The summed E-state index contributed by atoms with van der Waals surface area (Å²) in [5, 5.41) is 0. The monoisotopic (exact) mass is 316 g/mol. The summed E-state index contributed by atoms with van der Waals surface area (Å²) in [4.78, 5) is 0. The van der Waals surface area contributed by atoms with Crippen LogP contribution in [0.15, 0.2) is 0 Å². The first kappa shape index (κ1) is 19.9. The second-order valence-electron chi connectivity index (χ2n) is 6.02. The highest BCUT2D eigenvalue weighted by molar-refractivity contribution is 4.86. The van der Waals surface area contributed by atoms with Crippen molar-refractivity contribution in [3.05, 3.63) is 0 Å². The van der Waals surface area contributed by atoms with E-state index in [-0.39, 0.29) is 0 Å². The molecule has 0 aliphatic carbocycles. The summed E-state index contributed by atoms with van der Waals surface area (Å²) < 4.78 is 21.9. The highest BCUT2D eigenvalue weighted by atomic mass is 16.6.